The lowest BCUT2D eigenvalue weighted by Gasteiger charge is -2.37. The minimum Gasteiger partial charge on any atom is -0.468 e. The number of ether oxygens (including phenoxy) is 1. The Morgan fingerprint density at radius 1 is 1.45 bits per heavy atom. The summed E-state index contributed by atoms with van der Waals surface area (Å²) in [7, 11) is 0.789. The summed E-state index contributed by atoms with van der Waals surface area (Å²) >= 11 is 0. The maximum atomic E-state index is 12.1. The molecule has 6 heteroatoms. The summed E-state index contributed by atoms with van der Waals surface area (Å²) in [6, 6.07) is 0.739. The van der Waals surface area contributed by atoms with E-state index in [1.165, 1.54) is 7.11 Å². The van der Waals surface area contributed by atoms with E-state index >= 15 is 0 Å². The lowest BCUT2D eigenvalue weighted by Crippen LogP contribution is -2.56. The second-order valence-corrected chi connectivity index (χ2v) is 7.88. The van der Waals surface area contributed by atoms with Crippen LogP contribution in [0.3, 0.4) is 0 Å². The maximum absolute atomic E-state index is 12.1. The first-order chi connectivity index (χ1) is 9.44. The first-order valence-electron chi connectivity index (χ1n) is 7.40. The Morgan fingerprint density at radius 3 is 2.55 bits per heavy atom. The van der Waals surface area contributed by atoms with Crippen LogP contribution >= 0.6 is 0 Å². The van der Waals surface area contributed by atoms with Crippen LogP contribution < -0.4 is 5.32 Å². The number of nitrogens with zero attached hydrogens (tertiary/aromatic N) is 1. The highest BCUT2D eigenvalue weighted by molar-refractivity contribution is 7.85. The Labute approximate surface area is 123 Å². The van der Waals surface area contributed by atoms with Gasteiger partial charge in [-0.3, -0.25) is 19.2 Å². The summed E-state index contributed by atoms with van der Waals surface area (Å²) in [4.78, 5) is 14.4. The molecule has 5 nitrogen and oxygen atoms in total. The van der Waals surface area contributed by atoms with Gasteiger partial charge in [-0.15, -0.1) is 0 Å². The highest BCUT2D eigenvalue weighted by Gasteiger charge is 2.41. The fourth-order valence-corrected chi connectivity index (χ4v) is 4.00. The van der Waals surface area contributed by atoms with Crippen LogP contribution in [0.2, 0.25) is 0 Å². The van der Waals surface area contributed by atoms with E-state index in [1.807, 2.05) is 6.92 Å². The second-order valence-electron chi connectivity index (χ2n) is 6.18. The van der Waals surface area contributed by atoms with Crippen LogP contribution in [-0.2, 0) is 20.3 Å². The van der Waals surface area contributed by atoms with Crippen LogP contribution in [0.15, 0.2) is 0 Å². The van der Waals surface area contributed by atoms with E-state index in [-0.39, 0.29) is 12.0 Å². The van der Waals surface area contributed by atoms with Gasteiger partial charge >= 0.3 is 5.97 Å². The van der Waals surface area contributed by atoms with Gasteiger partial charge in [-0.1, -0.05) is 0 Å². The Kier molecular flexibility index (Phi) is 5.20. The van der Waals surface area contributed by atoms with Gasteiger partial charge in [0, 0.05) is 47.5 Å². The molecule has 0 aromatic heterocycles. The Morgan fingerprint density at radius 2 is 2.05 bits per heavy atom. The van der Waals surface area contributed by atoms with Crippen LogP contribution in [0.1, 0.15) is 33.1 Å². The van der Waals surface area contributed by atoms with Crippen molar-refractivity contribution in [3.8, 4) is 0 Å². The van der Waals surface area contributed by atoms with Crippen molar-refractivity contribution in [2.24, 2.45) is 0 Å². The zero-order valence-corrected chi connectivity index (χ0v) is 13.5. The van der Waals surface area contributed by atoms with E-state index in [9.17, 15) is 9.00 Å². The van der Waals surface area contributed by atoms with Crippen molar-refractivity contribution >= 4 is 16.8 Å². The lowest BCUT2D eigenvalue weighted by molar-refractivity contribution is -0.149. The van der Waals surface area contributed by atoms with Gasteiger partial charge < -0.3 is 4.74 Å². The fourth-order valence-electron chi connectivity index (χ4n) is 2.92. The predicted octanol–water partition coefficient (Wildman–Crippen LogP) is 0.513. The molecule has 1 heterocycles. The van der Waals surface area contributed by atoms with E-state index in [1.54, 1.807) is 0 Å². The SMILES string of the molecule is COC(=O)C(C)(CC(C)N1CCS(=O)CC1)NC1CC1. The van der Waals surface area contributed by atoms with Gasteiger partial charge in [0.1, 0.15) is 5.54 Å². The van der Waals surface area contributed by atoms with E-state index < -0.39 is 16.3 Å². The van der Waals surface area contributed by atoms with Crippen molar-refractivity contribution < 1.29 is 13.7 Å². The number of carbonyl (C=O) groups is 1. The number of carbonyl (C=O) groups excluding carboxylic acids is 1. The van der Waals surface area contributed by atoms with Crippen LogP contribution in [0, 0.1) is 0 Å². The molecule has 2 rings (SSSR count). The molecule has 1 N–H and O–H groups in total. The number of rotatable bonds is 6. The molecule has 116 valence electrons. The molecule has 1 aliphatic carbocycles. The molecule has 0 aromatic carbocycles. The summed E-state index contributed by atoms with van der Waals surface area (Å²) in [6.45, 7) is 5.79. The van der Waals surface area contributed by atoms with Crippen LogP contribution in [0.25, 0.3) is 0 Å². The molecule has 2 unspecified atom stereocenters. The number of hydrogen-bond donors (Lipinski definition) is 1. The zero-order chi connectivity index (χ0) is 14.8. The van der Waals surface area contributed by atoms with Gasteiger partial charge in [0.25, 0.3) is 0 Å². The Bertz CT molecular complexity index is 377. The molecule has 0 radical (unpaired) electrons. The molecular weight excluding hydrogens is 276 g/mol. The molecule has 0 amide bonds. The first-order valence-corrected chi connectivity index (χ1v) is 8.88. The maximum Gasteiger partial charge on any atom is 0.325 e. The molecule has 1 saturated heterocycles. The Hall–Kier alpha value is -0.460. The molecule has 2 aliphatic rings. The quantitative estimate of drug-likeness (QED) is 0.725. The Balaban J connectivity index is 1.95. The third-order valence-electron chi connectivity index (χ3n) is 4.28. The molecule has 2 atom stereocenters. The van der Waals surface area contributed by atoms with Gasteiger partial charge in [-0.05, 0) is 33.1 Å². The minimum atomic E-state index is -0.659. The molecule has 20 heavy (non-hydrogen) atoms. The van der Waals surface area contributed by atoms with Crippen LogP contribution in [0.4, 0.5) is 0 Å². The monoisotopic (exact) mass is 302 g/mol. The first kappa shape index (κ1) is 15.9. The van der Waals surface area contributed by atoms with Crippen molar-refractivity contribution in [1.29, 1.82) is 0 Å². The van der Waals surface area contributed by atoms with Gasteiger partial charge in [0.15, 0.2) is 0 Å². The number of nitrogens with one attached hydrogen (secondary N) is 1. The second kappa shape index (κ2) is 6.54. The normalized spacial score (nSPS) is 25.9. The summed E-state index contributed by atoms with van der Waals surface area (Å²) in [5, 5.41) is 3.44. The highest BCUT2D eigenvalue weighted by atomic mass is 32.2. The topological polar surface area (TPSA) is 58.6 Å². The minimum absolute atomic E-state index is 0.183. The average Bonchev–Trinajstić information content (AvgIpc) is 3.22. The average molecular weight is 302 g/mol. The van der Waals surface area contributed by atoms with Gasteiger partial charge in [0.05, 0.1) is 7.11 Å². The van der Waals surface area contributed by atoms with E-state index in [2.05, 4.69) is 17.1 Å². The lowest BCUT2D eigenvalue weighted by atomic mass is 9.92. The van der Waals surface area contributed by atoms with Crippen molar-refractivity contribution in [1.82, 2.24) is 10.2 Å². The van der Waals surface area contributed by atoms with Crippen LogP contribution in [-0.4, -0.2) is 64.4 Å². The van der Waals surface area contributed by atoms with Crippen molar-refractivity contribution in [2.45, 2.75) is 50.7 Å². The molecule has 1 aliphatic heterocycles. The predicted molar refractivity (Wildman–Crippen MR) is 80.1 cm³/mol. The zero-order valence-electron chi connectivity index (χ0n) is 12.7. The molecule has 0 bridgehead atoms. The molecule has 0 aromatic rings. The molecule has 2 fully saturated rings. The van der Waals surface area contributed by atoms with Crippen molar-refractivity contribution in [2.75, 3.05) is 31.7 Å². The number of esters is 1. The fraction of sp³-hybridized carbons (Fsp3) is 0.929. The third kappa shape index (κ3) is 4.02. The van der Waals surface area contributed by atoms with E-state index in [4.69, 9.17) is 4.74 Å². The highest BCUT2D eigenvalue weighted by Crippen LogP contribution is 2.27. The smallest absolute Gasteiger partial charge is 0.325 e. The summed E-state index contributed by atoms with van der Waals surface area (Å²) in [5.41, 5.74) is -0.619. The van der Waals surface area contributed by atoms with Crippen LogP contribution in [0.5, 0.6) is 0 Å². The molecular formula is C14H26N2O3S. The van der Waals surface area contributed by atoms with E-state index in [0.29, 0.717) is 6.04 Å². The van der Waals surface area contributed by atoms with Crippen molar-refractivity contribution in [3.05, 3.63) is 0 Å². The van der Waals surface area contributed by atoms with E-state index in [0.717, 1.165) is 43.9 Å². The summed E-state index contributed by atoms with van der Waals surface area (Å²) in [6.07, 6.45) is 3.01. The van der Waals surface area contributed by atoms with Gasteiger partial charge in [0.2, 0.25) is 0 Å². The third-order valence-corrected chi connectivity index (χ3v) is 5.55. The standard InChI is InChI=1S/C14H26N2O3S/c1-11(16-6-8-20(18)9-7-16)10-14(2,13(17)19-3)15-12-4-5-12/h11-12,15H,4-10H2,1-3H3. The number of hydrogen-bond acceptors (Lipinski definition) is 5. The van der Waals surface area contributed by atoms with Gasteiger partial charge in [-0.25, -0.2) is 0 Å². The number of methoxy groups -OCH3 is 1. The molecule has 0 spiro atoms. The summed E-state index contributed by atoms with van der Waals surface area (Å²) < 4.78 is 16.4. The van der Waals surface area contributed by atoms with Crippen molar-refractivity contribution in [3.63, 3.8) is 0 Å². The molecule has 1 saturated carbocycles. The largest absolute Gasteiger partial charge is 0.468 e. The van der Waals surface area contributed by atoms with Gasteiger partial charge in [-0.2, -0.15) is 0 Å². The summed E-state index contributed by atoms with van der Waals surface area (Å²) in [5.74, 6) is 1.31.